The fraction of sp³-hybridized carbons (Fsp3) is 0.417. The predicted molar refractivity (Wildman–Crippen MR) is 127 cm³/mol. The molecule has 0 aromatic heterocycles. The van der Waals surface area contributed by atoms with Crippen LogP contribution < -0.4 is 15.4 Å². The summed E-state index contributed by atoms with van der Waals surface area (Å²) >= 11 is 0. The molecule has 0 saturated heterocycles. The van der Waals surface area contributed by atoms with Gasteiger partial charge in [-0.25, -0.2) is 8.42 Å². The summed E-state index contributed by atoms with van der Waals surface area (Å²) < 4.78 is 27.8. The maximum Gasteiger partial charge on any atom is 0.241 e. The summed E-state index contributed by atoms with van der Waals surface area (Å²) in [5.41, 5.74) is 2.68. The molecular weight excluding hydrogens is 426 g/mol. The van der Waals surface area contributed by atoms with Gasteiger partial charge in [0.15, 0.2) is 0 Å². The molecule has 2 amide bonds. The lowest BCUT2D eigenvalue weighted by atomic mass is 9.93. The minimum atomic E-state index is -3.91. The van der Waals surface area contributed by atoms with E-state index in [4.69, 9.17) is 0 Å². The summed E-state index contributed by atoms with van der Waals surface area (Å²) in [6.07, 6.45) is 0. The minimum absolute atomic E-state index is 0.0101. The quantitative estimate of drug-likeness (QED) is 0.528. The maximum atomic E-state index is 12.8. The second-order valence-corrected chi connectivity index (χ2v) is 10.3. The highest BCUT2D eigenvalue weighted by atomic mass is 32.2. The molecule has 32 heavy (non-hydrogen) atoms. The van der Waals surface area contributed by atoms with E-state index < -0.39 is 22.0 Å². The first kappa shape index (κ1) is 25.5. The van der Waals surface area contributed by atoms with Gasteiger partial charge in [-0.3, -0.25) is 9.59 Å². The predicted octanol–water partition coefficient (Wildman–Crippen LogP) is 3.95. The van der Waals surface area contributed by atoms with Gasteiger partial charge in [0.25, 0.3) is 0 Å². The molecule has 0 saturated carbocycles. The van der Waals surface area contributed by atoms with E-state index in [0.29, 0.717) is 11.6 Å². The van der Waals surface area contributed by atoms with Crippen molar-refractivity contribution < 1.29 is 18.0 Å². The van der Waals surface area contributed by atoms with Crippen LogP contribution in [0.2, 0.25) is 0 Å². The molecule has 2 rings (SSSR count). The smallest absolute Gasteiger partial charge is 0.241 e. The number of hydrogen-bond acceptors (Lipinski definition) is 4. The highest BCUT2D eigenvalue weighted by Gasteiger charge is 2.25. The Morgan fingerprint density at radius 1 is 0.812 bits per heavy atom. The Hall–Kier alpha value is -2.71. The topological polar surface area (TPSA) is 104 Å². The lowest BCUT2D eigenvalue weighted by molar-refractivity contribution is -0.123. The fourth-order valence-corrected chi connectivity index (χ4v) is 4.48. The number of anilines is 1. The number of benzene rings is 2. The molecule has 0 aliphatic heterocycles. The van der Waals surface area contributed by atoms with Gasteiger partial charge >= 0.3 is 0 Å². The molecule has 8 heteroatoms. The van der Waals surface area contributed by atoms with Crippen LogP contribution in [-0.2, 0) is 19.6 Å². The summed E-state index contributed by atoms with van der Waals surface area (Å²) in [4.78, 5) is 23.9. The largest absolute Gasteiger partial charge is 0.348 e. The number of carbonyl (C=O) groups is 2. The van der Waals surface area contributed by atoms with Gasteiger partial charge in [0.2, 0.25) is 21.8 Å². The average Bonchev–Trinajstić information content (AvgIpc) is 2.71. The van der Waals surface area contributed by atoms with Gasteiger partial charge in [-0.05, 0) is 54.2 Å². The van der Waals surface area contributed by atoms with Crippen molar-refractivity contribution in [3.63, 3.8) is 0 Å². The Morgan fingerprint density at radius 2 is 1.34 bits per heavy atom. The minimum Gasteiger partial charge on any atom is -0.348 e. The molecular formula is C24H33N3O4S. The van der Waals surface area contributed by atoms with Gasteiger partial charge < -0.3 is 10.6 Å². The molecule has 1 unspecified atom stereocenters. The van der Waals surface area contributed by atoms with E-state index in [9.17, 15) is 18.0 Å². The molecule has 0 spiro atoms. The number of sulfonamides is 1. The van der Waals surface area contributed by atoms with E-state index in [1.54, 1.807) is 0 Å². The van der Waals surface area contributed by atoms with Crippen LogP contribution in [0.4, 0.5) is 5.69 Å². The third-order valence-corrected chi connectivity index (χ3v) is 6.69. The molecule has 0 aliphatic carbocycles. The number of rotatable bonds is 9. The van der Waals surface area contributed by atoms with Gasteiger partial charge in [0.1, 0.15) is 0 Å². The Balaban J connectivity index is 2.09. The Kier molecular flexibility index (Phi) is 8.58. The third-order valence-electron chi connectivity index (χ3n) is 5.14. The summed E-state index contributed by atoms with van der Waals surface area (Å²) in [6.45, 7) is 11.1. The summed E-state index contributed by atoms with van der Waals surface area (Å²) in [7, 11) is -3.91. The van der Waals surface area contributed by atoms with Crippen molar-refractivity contribution in [1.29, 1.82) is 0 Å². The molecule has 7 nitrogen and oxygen atoms in total. The summed E-state index contributed by atoms with van der Waals surface area (Å²) in [6, 6.07) is 12.7. The highest BCUT2D eigenvalue weighted by Crippen LogP contribution is 2.24. The second-order valence-electron chi connectivity index (χ2n) is 8.60. The van der Waals surface area contributed by atoms with Crippen LogP contribution in [0.1, 0.15) is 64.6 Å². The van der Waals surface area contributed by atoms with Crippen LogP contribution in [-0.4, -0.2) is 26.3 Å². The molecule has 0 radical (unpaired) electrons. The SMILES string of the molecule is CC(=O)Nc1ccc(S(=O)(=O)N[C@@H](C)C(=O)NC(c2ccc(C(C)C)cc2)C(C)C)cc1. The lowest BCUT2D eigenvalue weighted by Gasteiger charge is -2.25. The molecule has 2 aromatic carbocycles. The van der Waals surface area contributed by atoms with E-state index in [1.807, 2.05) is 26.0 Å². The number of carbonyl (C=O) groups excluding carboxylic acids is 2. The first-order chi connectivity index (χ1) is 14.9. The Morgan fingerprint density at radius 3 is 1.81 bits per heavy atom. The molecule has 2 atom stereocenters. The van der Waals surface area contributed by atoms with Crippen LogP contribution >= 0.6 is 0 Å². The Labute approximate surface area is 191 Å². The zero-order valence-corrected chi connectivity index (χ0v) is 20.3. The van der Waals surface area contributed by atoms with Gasteiger partial charge in [0, 0.05) is 12.6 Å². The Bertz CT molecular complexity index is 1030. The lowest BCUT2D eigenvalue weighted by Crippen LogP contribution is -2.46. The van der Waals surface area contributed by atoms with Crippen LogP contribution in [0.25, 0.3) is 0 Å². The summed E-state index contributed by atoms with van der Waals surface area (Å²) in [5, 5.41) is 5.55. The van der Waals surface area contributed by atoms with Gasteiger partial charge in [-0.15, -0.1) is 0 Å². The van der Waals surface area contributed by atoms with Crippen molar-refractivity contribution in [3.05, 3.63) is 59.7 Å². The highest BCUT2D eigenvalue weighted by molar-refractivity contribution is 7.89. The molecule has 0 aliphatic rings. The fourth-order valence-electron chi connectivity index (χ4n) is 3.28. The maximum absolute atomic E-state index is 12.8. The molecule has 0 fully saturated rings. The molecule has 3 N–H and O–H groups in total. The molecule has 174 valence electrons. The normalized spacial score (nSPS) is 13.6. The summed E-state index contributed by atoms with van der Waals surface area (Å²) in [5.74, 6) is -0.121. The van der Waals surface area contributed by atoms with Gasteiger partial charge in [-0.2, -0.15) is 4.72 Å². The second kappa shape index (κ2) is 10.7. The van der Waals surface area contributed by atoms with Crippen LogP contribution in [0, 0.1) is 5.92 Å². The van der Waals surface area contributed by atoms with Crippen molar-refractivity contribution in [1.82, 2.24) is 10.0 Å². The van der Waals surface area contributed by atoms with E-state index in [1.165, 1.54) is 43.7 Å². The van der Waals surface area contributed by atoms with Crippen LogP contribution in [0.3, 0.4) is 0 Å². The van der Waals surface area contributed by atoms with Crippen molar-refractivity contribution in [2.24, 2.45) is 5.92 Å². The third kappa shape index (κ3) is 6.90. The van der Waals surface area contributed by atoms with E-state index in [2.05, 4.69) is 41.3 Å². The van der Waals surface area contributed by atoms with Crippen molar-refractivity contribution >= 4 is 27.5 Å². The van der Waals surface area contributed by atoms with Crippen LogP contribution in [0.5, 0.6) is 0 Å². The molecule has 0 heterocycles. The van der Waals surface area contributed by atoms with E-state index >= 15 is 0 Å². The van der Waals surface area contributed by atoms with Gasteiger partial charge in [0.05, 0.1) is 17.0 Å². The standard InChI is InChI=1S/C24H33N3O4S/c1-15(2)19-7-9-20(10-8-19)23(16(3)4)26-24(29)17(5)27-32(30,31)22-13-11-21(12-14-22)25-18(6)28/h7-17,23,27H,1-6H3,(H,25,28)(H,26,29)/t17-,23?/m0/s1. The average molecular weight is 460 g/mol. The number of nitrogens with one attached hydrogen (secondary N) is 3. The first-order valence-electron chi connectivity index (χ1n) is 10.7. The number of hydrogen-bond donors (Lipinski definition) is 3. The monoisotopic (exact) mass is 459 g/mol. The van der Waals surface area contributed by atoms with Crippen molar-refractivity contribution in [2.45, 2.75) is 64.4 Å². The zero-order chi connectivity index (χ0) is 24.1. The van der Waals surface area contributed by atoms with Crippen LogP contribution in [0.15, 0.2) is 53.4 Å². The molecule has 0 bridgehead atoms. The zero-order valence-electron chi connectivity index (χ0n) is 19.5. The van der Waals surface area contributed by atoms with Crippen molar-refractivity contribution in [2.75, 3.05) is 5.32 Å². The van der Waals surface area contributed by atoms with E-state index in [0.717, 1.165) is 5.56 Å². The van der Waals surface area contributed by atoms with Gasteiger partial charge in [-0.1, -0.05) is 52.0 Å². The molecule has 2 aromatic rings. The van der Waals surface area contributed by atoms with E-state index in [-0.39, 0.29) is 22.8 Å². The first-order valence-corrected chi connectivity index (χ1v) is 12.2. The van der Waals surface area contributed by atoms with Crippen molar-refractivity contribution in [3.8, 4) is 0 Å². The number of amides is 2.